The summed E-state index contributed by atoms with van der Waals surface area (Å²) < 4.78 is 19.7. The van der Waals surface area contributed by atoms with Gasteiger partial charge in [-0.3, -0.25) is 0 Å². The highest BCUT2D eigenvalue weighted by atomic mass is 35.5. The molecule has 0 aliphatic carbocycles. The highest BCUT2D eigenvalue weighted by Gasteiger charge is 2.17. The summed E-state index contributed by atoms with van der Waals surface area (Å²) in [5, 5.41) is 16.3. The molecule has 0 radical (unpaired) electrons. The minimum Gasteiger partial charge on any atom is -0.504 e. The van der Waals surface area contributed by atoms with Gasteiger partial charge in [0, 0.05) is 5.38 Å². The van der Waals surface area contributed by atoms with Gasteiger partial charge in [0.1, 0.15) is 0 Å². The zero-order chi connectivity index (χ0) is 15.6. The first-order valence-corrected chi connectivity index (χ1v) is 8.07. The summed E-state index contributed by atoms with van der Waals surface area (Å²) in [6.45, 7) is 0. The zero-order valence-corrected chi connectivity index (χ0v) is 13.2. The van der Waals surface area contributed by atoms with Crippen molar-refractivity contribution in [2.75, 3.05) is 10.6 Å². The summed E-state index contributed by atoms with van der Waals surface area (Å²) in [7, 11) is 0. The summed E-state index contributed by atoms with van der Waals surface area (Å²) in [6, 6.07) is 4.05. The Bertz CT molecular complexity index is 720. The van der Waals surface area contributed by atoms with Crippen molar-refractivity contribution in [2.45, 2.75) is 4.21 Å². The van der Waals surface area contributed by atoms with Gasteiger partial charge in [0.2, 0.25) is 11.1 Å². The van der Waals surface area contributed by atoms with Crippen molar-refractivity contribution < 1.29 is 18.7 Å². The number of anilines is 2. The fourth-order valence-corrected chi connectivity index (χ4v) is 3.14. The van der Waals surface area contributed by atoms with E-state index in [1.54, 1.807) is 18.2 Å². The van der Waals surface area contributed by atoms with Gasteiger partial charge in [-0.15, -0.1) is 11.3 Å². The topological polar surface area (TPSA) is 98.7 Å². The SMILES string of the molecule is O=C(Nc1csc(S(=O)O)c1O)Nc1cccc(Cl)c1Cl. The Morgan fingerprint density at radius 1 is 1.24 bits per heavy atom. The molecule has 2 amide bonds. The Morgan fingerprint density at radius 3 is 2.52 bits per heavy atom. The molecule has 2 aromatic rings. The molecule has 10 heteroatoms. The van der Waals surface area contributed by atoms with Gasteiger partial charge in [-0.05, 0) is 12.1 Å². The number of halogens is 2. The molecule has 0 saturated carbocycles. The molecule has 0 spiro atoms. The molecule has 1 unspecified atom stereocenters. The van der Waals surface area contributed by atoms with E-state index in [1.807, 2.05) is 0 Å². The summed E-state index contributed by atoms with van der Waals surface area (Å²) in [4.78, 5) is 11.8. The minimum atomic E-state index is -2.32. The quantitative estimate of drug-likeness (QED) is 0.617. The molecule has 1 aromatic carbocycles. The molecular formula is C11H8Cl2N2O4S2. The average Bonchev–Trinajstić information content (AvgIpc) is 2.77. The second kappa shape index (κ2) is 6.63. The third-order valence-corrected chi connectivity index (χ3v) is 5.15. The van der Waals surface area contributed by atoms with E-state index in [-0.39, 0.29) is 19.9 Å². The van der Waals surface area contributed by atoms with Crippen molar-refractivity contribution >= 4 is 63.0 Å². The number of urea groups is 1. The molecule has 0 saturated heterocycles. The van der Waals surface area contributed by atoms with E-state index in [9.17, 15) is 14.1 Å². The van der Waals surface area contributed by atoms with E-state index >= 15 is 0 Å². The van der Waals surface area contributed by atoms with E-state index in [0.29, 0.717) is 5.69 Å². The van der Waals surface area contributed by atoms with Gasteiger partial charge in [0.05, 0.1) is 21.4 Å². The smallest absolute Gasteiger partial charge is 0.323 e. The number of nitrogens with one attached hydrogen (secondary N) is 2. The second-order valence-corrected chi connectivity index (χ2v) is 6.54. The molecule has 0 aliphatic rings. The minimum absolute atomic E-state index is 0.0213. The predicted molar refractivity (Wildman–Crippen MR) is 84.1 cm³/mol. The van der Waals surface area contributed by atoms with Crippen molar-refractivity contribution in [1.29, 1.82) is 0 Å². The fraction of sp³-hybridized carbons (Fsp3) is 0. The van der Waals surface area contributed by atoms with Gasteiger partial charge in [-0.1, -0.05) is 29.3 Å². The number of carbonyl (C=O) groups is 1. The van der Waals surface area contributed by atoms with Crippen molar-refractivity contribution in [3.8, 4) is 5.75 Å². The number of rotatable bonds is 3. The third kappa shape index (κ3) is 3.66. The van der Waals surface area contributed by atoms with Gasteiger partial charge in [0.15, 0.2) is 9.96 Å². The van der Waals surface area contributed by atoms with Gasteiger partial charge in [-0.25, -0.2) is 9.00 Å². The van der Waals surface area contributed by atoms with Crippen LogP contribution in [0.25, 0.3) is 0 Å². The Labute approximate surface area is 136 Å². The van der Waals surface area contributed by atoms with Crippen LogP contribution < -0.4 is 10.6 Å². The van der Waals surface area contributed by atoms with Crippen molar-refractivity contribution in [3.63, 3.8) is 0 Å². The van der Waals surface area contributed by atoms with Crippen LogP contribution in [0.4, 0.5) is 16.2 Å². The van der Waals surface area contributed by atoms with Gasteiger partial charge in [-0.2, -0.15) is 0 Å². The maximum atomic E-state index is 11.8. The number of amides is 2. The van der Waals surface area contributed by atoms with Gasteiger partial charge in [0.25, 0.3) is 0 Å². The van der Waals surface area contributed by atoms with E-state index in [1.165, 1.54) is 5.38 Å². The maximum Gasteiger partial charge on any atom is 0.323 e. The first-order chi connectivity index (χ1) is 9.90. The molecule has 0 bridgehead atoms. The molecule has 112 valence electrons. The molecule has 6 nitrogen and oxygen atoms in total. The van der Waals surface area contributed by atoms with Crippen LogP contribution in [-0.2, 0) is 11.1 Å². The van der Waals surface area contributed by atoms with Crippen LogP contribution in [-0.4, -0.2) is 19.9 Å². The van der Waals surface area contributed by atoms with E-state index in [2.05, 4.69) is 10.6 Å². The lowest BCUT2D eigenvalue weighted by molar-refractivity contribution is 0.262. The highest BCUT2D eigenvalue weighted by molar-refractivity contribution is 7.82. The van der Waals surface area contributed by atoms with Crippen LogP contribution in [0.1, 0.15) is 0 Å². The predicted octanol–water partition coefficient (Wildman–Crippen LogP) is 3.99. The lowest BCUT2D eigenvalue weighted by atomic mass is 10.3. The number of carbonyl (C=O) groups excluding carboxylic acids is 1. The first kappa shape index (κ1) is 16.1. The number of aromatic hydroxyl groups is 1. The molecule has 1 aromatic heterocycles. The fourth-order valence-electron chi connectivity index (χ4n) is 1.42. The summed E-state index contributed by atoms with van der Waals surface area (Å²) in [5.41, 5.74) is 0.315. The van der Waals surface area contributed by atoms with E-state index in [4.69, 9.17) is 27.8 Å². The summed E-state index contributed by atoms with van der Waals surface area (Å²) in [5.74, 6) is -0.451. The molecular weight excluding hydrogens is 359 g/mol. The number of benzene rings is 1. The number of thiophene rings is 1. The zero-order valence-electron chi connectivity index (χ0n) is 10.1. The lowest BCUT2D eigenvalue weighted by Gasteiger charge is -2.09. The Kier molecular flexibility index (Phi) is 5.07. The summed E-state index contributed by atoms with van der Waals surface area (Å²) in [6.07, 6.45) is 0. The average molecular weight is 367 g/mol. The van der Waals surface area contributed by atoms with Gasteiger partial charge >= 0.3 is 6.03 Å². The second-order valence-electron chi connectivity index (χ2n) is 3.72. The molecule has 1 heterocycles. The Morgan fingerprint density at radius 2 is 1.90 bits per heavy atom. The van der Waals surface area contributed by atoms with E-state index < -0.39 is 22.9 Å². The first-order valence-electron chi connectivity index (χ1n) is 5.33. The van der Waals surface area contributed by atoms with Crippen LogP contribution in [0.2, 0.25) is 10.0 Å². The van der Waals surface area contributed by atoms with Crippen LogP contribution in [0.15, 0.2) is 27.8 Å². The Balaban J connectivity index is 2.12. The lowest BCUT2D eigenvalue weighted by Crippen LogP contribution is -2.19. The normalized spacial score (nSPS) is 12.0. The van der Waals surface area contributed by atoms with Crippen molar-refractivity contribution in [2.24, 2.45) is 0 Å². The molecule has 4 N–H and O–H groups in total. The molecule has 21 heavy (non-hydrogen) atoms. The Hall–Kier alpha value is -1.32. The van der Waals surface area contributed by atoms with Crippen LogP contribution in [0, 0.1) is 0 Å². The van der Waals surface area contributed by atoms with Crippen molar-refractivity contribution in [1.82, 2.24) is 0 Å². The number of hydrogen-bond acceptors (Lipinski definition) is 4. The van der Waals surface area contributed by atoms with Crippen LogP contribution in [0.3, 0.4) is 0 Å². The summed E-state index contributed by atoms with van der Waals surface area (Å²) >= 11 is 10.3. The highest BCUT2D eigenvalue weighted by Crippen LogP contribution is 2.36. The van der Waals surface area contributed by atoms with Gasteiger partial charge < -0.3 is 20.3 Å². The molecule has 0 fully saturated rings. The van der Waals surface area contributed by atoms with E-state index in [0.717, 1.165) is 11.3 Å². The van der Waals surface area contributed by atoms with Crippen LogP contribution in [0.5, 0.6) is 5.75 Å². The largest absolute Gasteiger partial charge is 0.504 e. The standard InChI is InChI=1S/C11H8Cl2N2O4S2/c12-5-2-1-3-6(8(5)13)14-11(17)15-7-4-20-10(9(7)16)21(18)19/h1-4,16H,(H,18,19)(H2,14,15,17). The number of hydrogen-bond donors (Lipinski definition) is 4. The molecule has 1 atom stereocenters. The maximum absolute atomic E-state index is 11.8. The molecule has 0 aliphatic heterocycles. The monoisotopic (exact) mass is 366 g/mol. The van der Waals surface area contributed by atoms with Crippen molar-refractivity contribution in [3.05, 3.63) is 33.6 Å². The third-order valence-electron chi connectivity index (χ3n) is 2.34. The van der Waals surface area contributed by atoms with Crippen LogP contribution >= 0.6 is 34.5 Å². The molecule has 2 rings (SSSR count).